The Morgan fingerprint density at radius 3 is 2.53 bits per heavy atom. The Labute approximate surface area is 105 Å². The Bertz CT molecular complexity index is 336. The van der Waals surface area contributed by atoms with E-state index in [1.165, 1.54) is 5.56 Å². The number of rotatable bonds is 6. The van der Waals surface area contributed by atoms with Crippen LogP contribution in [0.25, 0.3) is 0 Å². The molecule has 1 atom stereocenters. The average Bonchev–Trinajstić information content (AvgIpc) is 2.30. The quantitative estimate of drug-likeness (QED) is 0.821. The van der Waals surface area contributed by atoms with Crippen molar-refractivity contribution in [3.63, 3.8) is 0 Å². The molecule has 1 rings (SSSR count). The standard InChI is InChI=1S/C14H25N3/c1-6-15-12(5)13-9-8-10-16-14(13)17(7-2)11(3)4/h8-12,15H,6-7H2,1-5H3. The van der Waals surface area contributed by atoms with Crippen molar-refractivity contribution in [1.29, 1.82) is 0 Å². The molecule has 1 unspecified atom stereocenters. The molecule has 0 bridgehead atoms. The van der Waals surface area contributed by atoms with E-state index >= 15 is 0 Å². The van der Waals surface area contributed by atoms with Gasteiger partial charge in [0.1, 0.15) is 5.82 Å². The van der Waals surface area contributed by atoms with E-state index in [0.29, 0.717) is 12.1 Å². The second-order valence-electron chi connectivity index (χ2n) is 4.58. The van der Waals surface area contributed by atoms with E-state index in [1.54, 1.807) is 0 Å². The molecule has 96 valence electrons. The second kappa shape index (κ2) is 6.60. The Morgan fingerprint density at radius 1 is 1.29 bits per heavy atom. The van der Waals surface area contributed by atoms with Crippen molar-refractivity contribution in [3.05, 3.63) is 23.9 Å². The fourth-order valence-electron chi connectivity index (χ4n) is 2.16. The third-order valence-electron chi connectivity index (χ3n) is 3.03. The Morgan fingerprint density at radius 2 is 2.00 bits per heavy atom. The number of aromatic nitrogens is 1. The Kier molecular flexibility index (Phi) is 5.42. The van der Waals surface area contributed by atoms with Crippen LogP contribution in [0.15, 0.2) is 18.3 Å². The largest absolute Gasteiger partial charge is 0.354 e. The van der Waals surface area contributed by atoms with Crippen molar-refractivity contribution in [1.82, 2.24) is 10.3 Å². The van der Waals surface area contributed by atoms with Crippen molar-refractivity contribution >= 4 is 5.82 Å². The highest BCUT2D eigenvalue weighted by Crippen LogP contribution is 2.24. The van der Waals surface area contributed by atoms with E-state index in [-0.39, 0.29) is 0 Å². The van der Waals surface area contributed by atoms with Crippen LogP contribution in [-0.2, 0) is 0 Å². The highest BCUT2D eigenvalue weighted by molar-refractivity contribution is 5.48. The molecule has 0 aliphatic carbocycles. The molecule has 0 aliphatic rings. The van der Waals surface area contributed by atoms with Gasteiger partial charge in [0.25, 0.3) is 0 Å². The zero-order chi connectivity index (χ0) is 12.8. The minimum Gasteiger partial charge on any atom is -0.354 e. The smallest absolute Gasteiger partial charge is 0.133 e. The summed E-state index contributed by atoms with van der Waals surface area (Å²) in [5, 5.41) is 3.45. The van der Waals surface area contributed by atoms with Gasteiger partial charge in [0.05, 0.1) is 0 Å². The third-order valence-corrected chi connectivity index (χ3v) is 3.03. The summed E-state index contributed by atoms with van der Waals surface area (Å²) in [4.78, 5) is 6.90. The first-order valence-corrected chi connectivity index (χ1v) is 6.56. The van der Waals surface area contributed by atoms with E-state index < -0.39 is 0 Å². The van der Waals surface area contributed by atoms with E-state index in [2.05, 4.69) is 55.9 Å². The maximum Gasteiger partial charge on any atom is 0.133 e. The molecule has 0 saturated heterocycles. The summed E-state index contributed by atoms with van der Waals surface area (Å²) < 4.78 is 0. The number of pyridine rings is 1. The summed E-state index contributed by atoms with van der Waals surface area (Å²) in [6.45, 7) is 12.9. The lowest BCUT2D eigenvalue weighted by molar-refractivity contribution is 0.588. The maximum absolute atomic E-state index is 4.56. The molecule has 0 aromatic carbocycles. The molecule has 0 saturated carbocycles. The van der Waals surface area contributed by atoms with Crippen molar-refractivity contribution in [2.45, 2.75) is 46.7 Å². The van der Waals surface area contributed by atoms with Crippen LogP contribution in [0.4, 0.5) is 5.82 Å². The molecule has 0 amide bonds. The lowest BCUT2D eigenvalue weighted by Crippen LogP contribution is -2.33. The molecule has 3 nitrogen and oxygen atoms in total. The van der Waals surface area contributed by atoms with E-state index in [1.807, 2.05) is 12.3 Å². The maximum atomic E-state index is 4.56. The molecular weight excluding hydrogens is 210 g/mol. The van der Waals surface area contributed by atoms with Gasteiger partial charge in [-0.15, -0.1) is 0 Å². The predicted molar refractivity (Wildman–Crippen MR) is 74.5 cm³/mol. The highest BCUT2D eigenvalue weighted by atomic mass is 15.2. The van der Waals surface area contributed by atoms with E-state index in [0.717, 1.165) is 18.9 Å². The fourth-order valence-corrected chi connectivity index (χ4v) is 2.16. The first kappa shape index (κ1) is 14.0. The van der Waals surface area contributed by atoms with Gasteiger partial charge in [-0.1, -0.05) is 13.0 Å². The van der Waals surface area contributed by atoms with Crippen LogP contribution in [0.1, 0.15) is 46.2 Å². The van der Waals surface area contributed by atoms with Crippen molar-refractivity contribution in [3.8, 4) is 0 Å². The van der Waals surface area contributed by atoms with Crippen molar-refractivity contribution in [2.75, 3.05) is 18.0 Å². The summed E-state index contributed by atoms with van der Waals surface area (Å²) in [5.74, 6) is 1.11. The second-order valence-corrected chi connectivity index (χ2v) is 4.58. The van der Waals surface area contributed by atoms with Crippen LogP contribution in [0.3, 0.4) is 0 Å². The summed E-state index contributed by atoms with van der Waals surface area (Å²) in [7, 11) is 0. The number of nitrogens with one attached hydrogen (secondary N) is 1. The van der Waals surface area contributed by atoms with Gasteiger partial charge in [0.15, 0.2) is 0 Å². The van der Waals surface area contributed by atoms with Gasteiger partial charge in [-0.25, -0.2) is 4.98 Å². The zero-order valence-electron chi connectivity index (χ0n) is 11.7. The summed E-state index contributed by atoms with van der Waals surface area (Å²) in [5.41, 5.74) is 1.28. The third kappa shape index (κ3) is 3.43. The van der Waals surface area contributed by atoms with Gasteiger partial charge in [0.2, 0.25) is 0 Å². The molecule has 1 aromatic rings. The molecule has 1 N–H and O–H groups in total. The van der Waals surface area contributed by atoms with Gasteiger partial charge in [-0.2, -0.15) is 0 Å². The number of hydrogen-bond donors (Lipinski definition) is 1. The molecule has 0 fully saturated rings. The summed E-state index contributed by atoms with van der Waals surface area (Å²) >= 11 is 0. The van der Waals surface area contributed by atoms with Crippen LogP contribution < -0.4 is 10.2 Å². The topological polar surface area (TPSA) is 28.2 Å². The van der Waals surface area contributed by atoms with E-state index in [9.17, 15) is 0 Å². The molecular formula is C14H25N3. The normalized spacial score (nSPS) is 12.8. The molecule has 17 heavy (non-hydrogen) atoms. The zero-order valence-corrected chi connectivity index (χ0v) is 11.7. The van der Waals surface area contributed by atoms with Crippen LogP contribution in [0.5, 0.6) is 0 Å². The number of anilines is 1. The Hall–Kier alpha value is -1.09. The van der Waals surface area contributed by atoms with Crippen molar-refractivity contribution < 1.29 is 0 Å². The molecule has 1 aromatic heterocycles. The molecule has 0 aliphatic heterocycles. The molecule has 0 spiro atoms. The Balaban J connectivity index is 3.05. The molecule has 0 radical (unpaired) electrons. The van der Waals surface area contributed by atoms with Crippen LogP contribution in [0, 0.1) is 0 Å². The molecule has 1 heterocycles. The van der Waals surface area contributed by atoms with Gasteiger partial charge in [-0.05, 0) is 40.3 Å². The minimum absolute atomic E-state index is 0.344. The minimum atomic E-state index is 0.344. The summed E-state index contributed by atoms with van der Waals surface area (Å²) in [6, 6.07) is 5.00. The van der Waals surface area contributed by atoms with Crippen LogP contribution in [-0.4, -0.2) is 24.1 Å². The monoisotopic (exact) mass is 235 g/mol. The van der Waals surface area contributed by atoms with Gasteiger partial charge < -0.3 is 10.2 Å². The molecule has 3 heteroatoms. The number of nitrogens with zero attached hydrogens (tertiary/aromatic N) is 2. The fraction of sp³-hybridized carbons (Fsp3) is 0.643. The van der Waals surface area contributed by atoms with Gasteiger partial charge in [-0.3, -0.25) is 0 Å². The van der Waals surface area contributed by atoms with Crippen molar-refractivity contribution in [2.24, 2.45) is 0 Å². The average molecular weight is 235 g/mol. The first-order valence-electron chi connectivity index (χ1n) is 6.56. The van der Waals surface area contributed by atoms with Gasteiger partial charge in [0, 0.05) is 30.4 Å². The lowest BCUT2D eigenvalue weighted by atomic mass is 10.1. The lowest BCUT2D eigenvalue weighted by Gasteiger charge is -2.30. The predicted octanol–water partition coefficient (Wildman–Crippen LogP) is 2.99. The highest BCUT2D eigenvalue weighted by Gasteiger charge is 2.17. The van der Waals surface area contributed by atoms with Gasteiger partial charge >= 0.3 is 0 Å². The van der Waals surface area contributed by atoms with E-state index in [4.69, 9.17) is 0 Å². The number of hydrogen-bond acceptors (Lipinski definition) is 3. The summed E-state index contributed by atoms with van der Waals surface area (Å²) in [6.07, 6.45) is 1.88. The SMILES string of the molecule is CCNC(C)c1cccnc1N(CC)C(C)C. The van der Waals surface area contributed by atoms with Crippen LogP contribution >= 0.6 is 0 Å². The first-order chi connectivity index (χ1) is 8.11. The van der Waals surface area contributed by atoms with Crippen LogP contribution in [0.2, 0.25) is 0 Å².